The molecule has 3 aliphatic heterocycles. The zero-order valence-electron chi connectivity index (χ0n) is 51.6. The fourth-order valence-corrected chi connectivity index (χ4v) is 10.7. The Kier molecular flexibility index (Phi) is 43.3. The van der Waals surface area contributed by atoms with Crippen molar-refractivity contribution in [2.24, 2.45) is 0 Å². The number of allylic oxidation sites excluding steroid dienone is 12. The van der Waals surface area contributed by atoms with Gasteiger partial charge in [-0.15, -0.1) is 0 Å². The van der Waals surface area contributed by atoms with Gasteiger partial charge in [0.2, 0.25) is 5.91 Å². The Bertz CT molecular complexity index is 1830. The summed E-state index contributed by atoms with van der Waals surface area (Å²) in [4.78, 5) is 13.3. The Hall–Kier alpha value is -2.77. The van der Waals surface area contributed by atoms with Crippen molar-refractivity contribution in [3.8, 4) is 0 Å². The first kappa shape index (κ1) is 76.5. The van der Waals surface area contributed by atoms with Gasteiger partial charge in [-0.25, -0.2) is 0 Å². The number of carbonyl (C=O) groups excluding carboxylic acids is 1. The maximum Gasteiger partial charge on any atom is 0.220 e. The topological polar surface area (TPSA) is 307 Å². The predicted octanol–water partition coefficient (Wildman–Crippen LogP) is 7.38. The summed E-state index contributed by atoms with van der Waals surface area (Å²) in [6.45, 7) is 1.60. The van der Waals surface area contributed by atoms with Crippen LogP contribution in [0.25, 0.3) is 0 Å². The van der Waals surface area contributed by atoms with Gasteiger partial charge in [0.1, 0.15) is 73.2 Å². The van der Waals surface area contributed by atoms with Crippen molar-refractivity contribution < 1.29 is 89.4 Å². The van der Waals surface area contributed by atoms with Crippen molar-refractivity contribution >= 4 is 5.91 Å². The van der Waals surface area contributed by atoms with Crippen LogP contribution in [0.15, 0.2) is 72.9 Å². The Morgan fingerprint density at radius 2 is 0.812 bits per heavy atom. The first-order valence-corrected chi connectivity index (χ1v) is 32.7. The number of aliphatic hydroxyl groups excluding tert-OH is 11. The van der Waals surface area contributed by atoms with Crippen LogP contribution in [0.4, 0.5) is 0 Å². The number of hydrogen-bond donors (Lipinski definition) is 12. The van der Waals surface area contributed by atoms with Crippen LogP contribution in [0, 0.1) is 0 Å². The molecule has 19 heteroatoms. The van der Waals surface area contributed by atoms with Crippen molar-refractivity contribution in [1.82, 2.24) is 5.32 Å². The summed E-state index contributed by atoms with van der Waals surface area (Å²) in [6, 6.07) is -0.887. The molecule has 17 atom stereocenters. The molecule has 492 valence electrons. The van der Waals surface area contributed by atoms with Crippen LogP contribution in [-0.2, 0) is 33.2 Å². The minimum absolute atomic E-state index is 0.251. The van der Waals surface area contributed by atoms with E-state index >= 15 is 0 Å². The predicted molar refractivity (Wildman–Crippen MR) is 328 cm³/mol. The largest absolute Gasteiger partial charge is 0.394 e. The van der Waals surface area contributed by atoms with Gasteiger partial charge in [-0.05, 0) is 64.2 Å². The number of unbranched alkanes of at least 4 members (excludes halogenated alkanes) is 20. The lowest BCUT2D eigenvalue weighted by molar-refractivity contribution is -0.379. The molecule has 0 bridgehead atoms. The van der Waals surface area contributed by atoms with E-state index in [0.717, 1.165) is 103 Å². The molecule has 0 aromatic heterocycles. The Morgan fingerprint density at radius 1 is 0.435 bits per heavy atom. The summed E-state index contributed by atoms with van der Waals surface area (Å²) < 4.78 is 34.2. The third-order valence-electron chi connectivity index (χ3n) is 16.0. The van der Waals surface area contributed by atoms with Gasteiger partial charge in [0.15, 0.2) is 18.9 Å². The van der Waals surface area contributed by atoms with Crippen LogP contribution in [0.1, 0.15) is 206 Å². The van der Waals surface area contributed by atoms with Crippen LogP contribution >= 0.6 is 0 Å². The maximum atomic E-state index is 13.3. The average molecular weight is 1210 g/mol. The molecule has 3 aliphatic rings. The van der Waals surface area contributed by atoms with E-state index in [1.54, 1.807) is 0 Å². The van der Waals surface area contributed by atoms with Crippen molar-refractivity contribution in [2.75, 3.05) is 26.4 Å². The van der Waals surface area contributed by atoms with Gasteiger partial charge in [0.05, 0.1) is 38.6 Å². The molecule has 85 heavy (non-hydrogen) atoms. The quantitative estimate of drug-likeness (QED) is 0.0209. The van der Waals surface area contributed by atoms with E-state index in [-0.39, 0.29) is 18.9 Å². The van der Waals surface area contributed by atoms with Crippen molar-refractivity contribution in [1.29, 1.82) is 0 Å². The maximum absolute atomic E-state index is 13.3. The summed E-state index contributed by atoms with van der Waals surface area (Å²) >= 11 is 0. The number of amides is 1. The standard InChI is InChI=1S/C66H115NO18/c1-3-5-7-9-11-12-13-14-15-16-17-18-19-20-21-22-23-24-25-26-27-28-29-30-31-32-33-34-35-36-38-40-42-44-54(72)67-49(50(71)43-41-39-37-10-8-6-4-2)48-80-64-60(78)57(75)62(52(46-69)82-64)85-66-61(79)58(76)63(53(47-70)83-66)84-65-59(77)56(74)55(73)51(45-68)81-65/h5,7,11-12,14-15,17-18,20-21,23-24,49-53,55-66,68-71,73-79H,3-4,6,8-10,13,16,19,22,25-48H2,1-2H3,(H,67,72)/b7-5-,12-11-,15-14-,18-17-,21-20-,24-23-. The molecule has 0 aromatic carbocycles. The fraction of sp³-hybridized carbons (Fsp3) is 0.803. The molecular formula is C66H115NO18. The molecule has 12 N–H and O–H groups in total. The van der Waals surface area contributed by atoms with E-state index in [2.05, 4.69) is 92.1 Å². The van der Waals surface area contributed by atoms with Crippen LogP contribution in [-0.4, -0.2) is 193 Å². The van der Waals surface area contributed by atoms with Crippen LogP contribution < -0.4 is 5.32 Å². The zero-order chi connectivity index (χ0) is 61.9. The average Bonchev–Trinajstić information content (AvgIpc) is 3.70. The zero-order valence-corrected chi connectivity index (χ0v) is 51.6. The third kappa shape index (κ3) is 31.0. The number of hydrogen-bond acceptors (Lipinski definition) is 18. The number of aliphatic hydroxyl groups is 11. The van der Waals surface area contributed by atoms with E-state index in [0.29, 0.717) is 12.8 Å². The molecule has 0 spiro atoms. The molecule has 19 nitrogen and oxygen atoms in total. The summed E-state index contributed by atoms with van der Waals surface area (Å²) in [5.41, 5.74) is 0. The molecular weight excluding hydrogens is 1090 g/mol. The van der Waals surface area contributed by atoms with Crippen LogP contribution in [0.2, 0.25) is 0 Å². The molecule has 3 rings (SSSR count). The molecule has 0 saturated carbocycles. The Labute approximate surface area is 508 Å². The first-order chi connectivity index (χ1) is 41.3. The minimum atomic E-state index is -1.97. The second kappa shape index (κ2) is 48.1. The van der Waals surface area contributed by atoms with Crippen molar-refractivity contribution in [2.45, 2.75) is 311 Å². The van der Waals surface area contributed by atoms with Gasteiger partial charge in [-0.2, -0.15) is 0 Å². The molecule has 17 unspecified atom stereocenters. The van der Waals surface area contributed by atoms with E-state index in [4.69, 9.17) is 28.4 Å². The molecule has 3 saturated heterocycles. The number of nitrogens with one attached hydrogen (secondary N) is 1. The van der Waals surface area contributed by atoms with Gasteiger partial charge in [0, 0.05) is 6.42 Å². The van der Waals surface area contributed by atoms with Gasteiger partial charge < -0.3 is 89.9 Å². The van der Waals surface area contributed by atoms with Gasteiger partial charge in [-0.3, -0.25) is 4.79 Å². The highest BCUT2D eigenvalue weighted by Crippen LogP contribution is 2.33. The monoisotopic (exact) mass is 1210 g/mol. The van der Waals surface area contributed by atoms with Crippen LogP contribution in [0.5, 0.6) is 0 Å². The molecule has 3 heterocycles. The summed E-state index contributed by atoms with van der Waals surface area (Å²) in [7, 11) is 0. The van der Waals surface area contributed by atoms with E-state index < -0.39 is 124 Å². The van der Waals surface area contributed by atoms with Crippen molar-refractivity contribution in [3.05, 3.63) is 72.9 Å². The molecule has 3 fully saturated rings. The van der Waals surface area contributed by atoms with E-state index in [1.165, 1.54) is 70.6 Å². The number of carbonyl (C=O) groups is 1. The number of rotatable bonds is 48. The van der Waals surface area contributed by atoms with E-state index in [9.17, 15) is 61.0 Å². The van der Waals surface area contributed by atoms with E-state index in [1.807, 2.05) is 0 Å². The SMILES string of the molecule is CC/C=C\C/C=C\C/C=C\C/C=C\C/C=C\C/C=C\CCCCCCCCCCCCCCCCC(=O)NC(COC1OC(CO)C(OC2OC(CO)C(OC3OC(CO)C(O)C(O)C3O)C(O)C2O)C(O)C1O)C(O)CCCCCCCCC. The van der Waals surface area contributed by atoms with Gasteiger partial charge >= 0.3 is 0 Å². The molecule has 0 aliphatic carbocycles. The minimum Gasteiger partial charge on any atom is -0.394 e. The highest BCUT2D eigenvalue weighted by molar-refractivity contribution is 5.76. The van der Waals surface area contributed by atoms with Gasteiger partial charge in [-0.1, -0.05) is 209 Å². The van der Waals surface area contributed by atoms with Crippen molar-refractivity contribution in [3.63, 3.8) is 0 Å². The summed E-state index contributed by atoms with van der Waals surface area (Å²) in [5, 5.41) is 120. The lowest BCUT2D eigenvalue weighted by Gasteiger charge is -2.48. The second-order valence-electron chi connectivity index (χ2n) is 23.2. The lowest BCUT2D eigenvalue weighted by Crippen LogP contribution is -2.66. The first-order valence-electron chi connectivity index (χ1n) is 32.7. The summed E-state index contributed by atoms with van der Waals surface area (Å²) in [6.07, 6.45) is 31.9. The smallest absolute Gasteiger partial charge is 0.220 e. The van der Waals surface area contributed by atoms with Gasteiger partial charge in [0.25, 0.3) is 0 Å². The van der Waals surface area contributed by atoms with Crippen LogP contribution in [0.3, 0.4) is 0 Å². The normalized spacial score (nSPS) is 29.4. The molecule has 0 radical (unpaired) electrons. The number of ether oxygens (including phenoxy) is 6. The summed E-state index contributed by atoms with van der Waals surface area (Å²) in [5.74, 6) is -0.251. The lowest BCUT2D eigenvalue weighted by atomic mass is 9.96. The Balaban J connectivity index is 1.32. The fourth-order valence-electron chi connectivity index (χ4n) is 10.7. The second-order valence-corrected chi connectivity index (χ2v) is 23.2. The highest BCUT2D eigenvalue weighted by Gasteiger charge is 2.53. The third-order valence-corrected chi connectivity index (χ3v) is 16.0. The molecule has 0 aromatic rings. The Morgan fingerprint density at radius 3 is 1.27 bits per heavy atom. The molecule has 1 amide bonds. The highest BCUT2D eigenvalue weighted by atomic mass is 16.8.